The Morgan fingerprint density at radius 2 is 2.00 bits per heavy atom. The number of aryl methyl sites for hydroxylation is 2. The normalized spacial score (nSPS) is 20.3. The van der Waals surface area contributed by atoms with Gasteiger partial charge in [-0.3, -0.25) is 9.80 Å². The van der Waals surface area contributed by atoms with Crippen LogP contribution < -0.4 is 5.32 Å². The Kier molecular flexibility index (Phi) is 5.47. The minimum Gasteiger partial charge on any atom is -0.395 e. The van der Waals surface area contributed by atoms with E-state index in [4.69, 9.17) is 0 Å². The third-order valence-corrected chi connectivity index (χ3v) is 5.13. The molecule has 0 amide bonds. The smallest absolute Gasteiger partial charge is 0.0558 e. The summed E-state index contributed by atoms with van der Waals surface area (Å²) in [5.74, 6) is 0. The predicted molar refractivity (Wildman–Crippen MR) is 90.2 cm³/mol. The average molecular weight is 303 g/mol. The van der Waals surface area contributed by atoms with E-state index in [1.807, 2.05) is 0 Å². The Morgan fingerprint density at radius 1 is 1.23 bits per heavy atom. The number of nitrogens with one attached hydrogen (secondary N) is 1. The van der Waals surface area contributed by atoms with E-state index in [-0.39, 0.29) is 6.61 Å². The van der Waals surface area contributed by atoms with E-state index >= 15 is 0 Å². The summed E-state index contributed by atoms with van der Waals surface area (Å²) in [5.41, 5.74) is 4.49. The van der Waals surface area contributed by atoms with Crippen molar-refractivity contribution in [3.63, 3.8) is 0 Å². The topological polar surface area (TPSA) is 38.7 Å². The molecule has 1 unspecified atom stereocenters. The second kappa shape index (κ2) is 7.55. The molecule has 1 aromatic carbocycles. The number of likely N-dealkylation sites (N-methyl/N-ethyl adjacent to an activating group) is 1. The third-order valence-electron chi connectivity index (χ3n) is 5.13. The van der Waals surface area contributed by atoms with E-state index in [0.29, 0.717) is 6.04 Å². The summed E-state index contributed by atoms with van der Waals surface area (Å²) in [6, 6.07) is 7.43. The molecule has 0 radical (unpaired) electrons. The molecule has 1 aromatic rings. The largest absolute Gasteiger partial charge is 0.395 e. The van der Waals surface area contributed by atoms with E-state index in [1.165, 1.54) is 30.4 Å². The summed E-state index contributed by atoms with van der Waals surface area (Å²) in [7, 11) is 2.14. The zero-order valence-corrected chi connectivity index (χ0v) is 13.7. The molecule has 1 aliphatic heterocycles. The highest BCUT2D eigenvalue weighted by Gasteiger charge is 2.23. The second-order valence-electron chi connectivity index (χ2n) is 6.65. The Morgan fingerprint density at radius 3 is 2.77 bits per heavy atom. The quantitative estimate of drug-likeness (QED) is 0.824. The highest BCUT2D eigenvalue weighted by Crippen LogP contribution is 2.28. The molecule has 0 saturated carbocycles. The first-order chi connectivity index (χ1) is 10.8. The molecule has 3 rings (SSSR count). The maximum absolute atomic E-state index is 9.33. The zero-order valence-electron chi connectivity index (χ0n) is 13.7. The number of aliphatic hydroxyl groups excluding tert-OH is 1. The molecule has 2 N–H and O–H groups in total. The second-order valence-corrected chi connectivity index (χ2v) is 6.65. The molecule has 22 heavy (non-hydrogen) atoms. The van der Waals surface area contributed by atoms with Gasteiger partial charge in [0.15, 0.2) is 0 Å². The molecule has 1 heterocycles. The van der Waals surface area contributed by atoms with Crippen molar-refractivity contribution in [2.75, 3.05) is 52.9 Å². The van der Waals surface area contributed by atoms with Crippen molar-refractivity contribution in [2.45, 2.75) is 25.3 Å². The van der Waals surface area contributed by atoms with Crippen molar-refractivity contribution in [2.24, 2.45) is 0 Å². The monoisotopic (exact) mass is 303 g/mol. The zero-order chi connectivity index (χ0) is 15.4. The van der Waals surface area contributed by atoms with Crippen LogP contribution in [-0.4, -0.2) is 67.8 Å². The third kappa shape index (κ3) is 3.69. The summed E-state index contributed by atoms with van der Waals surface area (Å²) in [4.78, 5) is 4.85. The van der Waals surface area contributed by atoms with E-state index in [2.05, 4.69) is 40.4 Å². The van der Waals surface area contributed by atoms with Crippen molar-refractivity contribution in [1.29, 1.82) is 0 Å². The van der Waals surface area contributed by atoms with Crippen LogP contribution in [0.1, 0.15) is 29.2 Å². The van der Waals surface area contributed by atoms with Crippen LogP contribution in [0.25, 0.3) is 0 Å². The summed E-state index contributed by atoms with van der Waals surface area (Å²) in [6.07, 6.45) is 3.77. The van der Waals surface area contributed by atoms with Crippen LogP contribution in [0.5, 0.6) is 0 Å². The number of hydrogen-bond donors (Lipinski definition) is 2. The summed E-state index contributed by atoms with van der Waals surface area (Å²) >= 11 is 0. The van der Waals surface area contributed by atoms with Crippen LogP contribution in [0.15, 0.2) is 18.2 Å². The molecular weight excluding hydrogens is 274 g/mol. The van der Waals surface area contributed by atoms with Crippen LogP contribution in [0, 0.1) is 0 Å². The van der Waals surface area contributed by atoms with Crippen LogP contribution in [0.2, 0.25) is 0 Å². The van der Waals surface area contributed by atoms with Crippen LogP contribution in [0.4, 0.5) is 0 Å². The van der Waals surface area contributed by atoms with E-state index in [9.17, 15) is 5.11 Å². The number of piperazine rings is 1. The molecule has 0 spiro atoms. The fraction of sp³-hybridized carbons (Fsp3) is 0.667. The van der Waals surface area contributed by atoms with Gasteiger partial charge >= 0.3 is 0 Å². The lowest BCUT2D eigenvalue weighted by Crippen LogP contribution is -2.47. The van der Waals surface area contributed by atoms with Crippen LogP contribution in [0.3, 0.4) is 0 Å². The van der Waals surface area contributed by atoms with Gasteiger partial charge in [0.05, 0.1) is 6.61 Å². The highest BCUT2D eigenvalue weighted by atomic mass is 16.3. The van der Waals surface area contributed by atoms with Crippen LogP contribution >= 0.6 is 0 Å². The highest BCUT2D eigenvalue weighted by molar-refractivity contribution is 5.36. The van der Waals surface area contributed by atoms with E-state index in [1.54, 1.807) is 5.56 Å². The molecule has 0 bridgehead atoms. The first-order valence-electron chi connectivity index (χ1n) is 8.64. The van der Waals surface area contributed by atoms with E-state index in [0.717, 1.165) is 39.3 Å². The van der Waals surface area contributed by atoms with Crippen molar-refractivity contribution in [1.82, 2.24) is 15.1 Å². The van der Waals surface area contributed by atoms with Crippen molar-refractivity contribution < 1.29 is 5.11 Å². The number of hydrogen-bond acceptors (Lipinski definition) is 4. The lowest BCUT2D eigenvalue weighted by molar-refractivity contribution is 0.130. The summed E-state index contributed by atoms with van der Waals surface area (Å²) < 4.78 is 0. The minimum absolute atomic E-state index is 0.222. The Balaban J connectivity index is 1.77. The summed E-state index contributed by atoms with van der Waals surface area (Å²) in [5, 5.41) is 12.7. The van der Waals surface area contributed by atoms with Gasteiger partial charge in [-0.2, -0.15) is 0 Å². The first-order valence-corrected chi connectivity index (χ1v) is 8.64. The fourth-order valence-corrected chi connectivity index (χ4v) is 3.75. The van der Waals surface area contributed by atoms with Gasteiger partial charge in [-0.05, 0) is 43.0 Å². The number of fused-ring (bicyclic) bond motifs is 1. The molecule has 1 atom stereocenters. The number of aliphatic hydroxyl groups is 1. The minimum atomic E-state index is 0.222. The van der Waals surface area contributed by atoms with Crippen molar-refractivity contribution >= 4 is 0 Å². The lowest BCUT2D eigenvalue weighted by Gasteiger charge is -2.35. The van der Waals surface area contributed by atoms with Gasteiger partial charge < -0.3 is 10.4 Å². The molecular formula is C18H29N3O. The van der Waals surface area contributed by atoms with Crippen LogP contribution in [-0.2, 0) is 12.8 Å². The molecule has 1 fully saturated rings. The fourth-order valence-electron chi connectivity index (χ4n) is 3.75. The number of benzene rings is 1. The van der Waals surface area contributed by atoms with Crippen molar-refractivity contribution in [3.05, 3.63) is 34.9 Å². The Labute approximate surface area is 134 Å². The maximum Gasteiger partial charge on any atom is 0.0558 e. The lowest BCUT2D eigenvalue weighted by atomic mass is 9.99. The van der Waals surface area contributed by atoms with Gasteiger partial charge in [0, 0.05) is 45.3 Å². The Bertz CT molecular complexity index is 485. The first kappa shape index (κ1) is 15.9. The molecule has 4 heteroatoms. The van der Waals surface area contributed by atoms with Gasteiger partial charge in [0.25, 0.3) is 0 Å². The summed E-state index contributed by atoms with van der Waals surface area (Å²) in [6.45, 7) is 6.41. The molecule has 1 aliphatic carbocycles. The van der Waals surface area contributed by atoms with E-state index < -0.39 is 0 Å². The standard InChI is InChI=1S/C18H29N3O/c1-20(11-12-22)18(14-21-9-7-19-8-10-21)17-6-5-15-3-2-4-16(15)13-17/h5-6,13,18-19,22H,2-4,7-12,14H2,1H3. The average Bonchev–Trinajstić information content (AvgIpc) is 3.01. The van der Waals surface area contributed by atoms with Gasteiger partial charge in [-0.1, -0.05) is 18.2 Å². The molecule has 1 saturated heterocycles. The molecule has 122 valence electrons. The van der Waals surface area contributed by atoms with Gasteiger partial charge in [-0.25, -0.2) is 0 Å². The number of nitrogens with zero attached hydrogens (tertiary/aromatic N) is 2. The SMILES string of the molecule is CN(CCO)C(CN1CCNCC1)c1ccc2c(c1)CCC2. The molecule has 2 aliphatic rings. The number of rotatable bonds is 6. The molecule has 4 nitrogen and oxygen atoms in total. The van der Waals surface area contributed by atoms with Gasteiger partial charge in [0.2, 0.25) is 0 Å². The van der Waals surface area contributed by atoms with Crippen molar-refractivity contribution in [3.8, 4) is 0 Å². The van der Waals surface area contributed by atoms with Gasteiger partial charge in [0.1, 0.15) is 0 Å². The predicted octanol–water partition coefficient (Wildman–Crippen LogP) is 1.05. The molecule has 0 aromatic heterocycles. The maximum atomic E-state index is 9.33. The Hall–Kier alpha value is -0.940. The van der Waals surface area contributed by atoms with Gasteiger partial charge in [-0.15, -0.1) is 0 Å².